The van der Waals surface area contributed by atoms with Crippen molar-refractivity contribution in [1.29, 1.82) is 0 Å². The lowest BCUT2D eigenvalue weighted by atomic mass is 10.2. The molecule has 1 aromatic heterocycles. The van der Waals surface area contributed by atoms with E-state index in [1.807, 2.05) is 25.1 Å². The Hall–Kier alpha value is -3.59. The summed E-state index contributed by atoms with van der Waals surface area (Å²) in [5.74, 6) is -1.06. The largest absolute Gasteiger partial charge is 0.465 e. The number of ether oxygens (including phenoxy) is 2. The van der Waals surface area contributed by atoms with Crippen LogP contribution in [-0.4, -0.2) is 55.9 Å². The van der Waals surface area contributed by atoms with Crippen molar-refractivity contribution in [2.45, 2.75) is 13.0 Å². The lowest BCUT2D eigenvalue weighted by Crippen LogP contribution is -2.19. The zero-order chi connectivity index (χ0) is 22.4. The van der Waals surface area contributed by atoms with Gasteiger partial charge in [0, 0.05) is 12.2 Å². The van der Waals surface area contributed by atoms with E-state index in [4.69, 9.17) is 13.9 Å². The molecule has 1 N–H and O–H groups in total. The van der Waals surface area contributed by atoms with Crippen LogP contribution >= 0.6 is 0 Å². The first-order valence-corrected chi connectivity index (χ1v) is 9.76. The molecule has 0 saturated heterocycles. The van der Waals surface area contributed by atoms with Crippen molar-refractivity contribution < 1.29 is 23.5 Å². The first-order chi connectivity index (χ1) is 14.9. The maximum absolute atomic E-state index is 12.3. The summed E-state index contributed by atoms with van der Waals surface area (Å²) in [5, 5.41) is 2.69. The highest BCUT2D eigenvalue weighted by atomic mass is 16.5. The summed E-state index contributed by atoms with van der Waals surface area (Å²) in [7, 11) is 5.20. The fraction of sp³-hybridized carbons (Fsp3) is 0.318. The van der Waals surface area contributed by atoms with E-state index >= 15 is 0 Å². The average molecular weight is 427 g/mol. The molecule has 0 radical (unpaired) electrons. The number of aromatic nitrogens is 1. The number of benzene rings is 2. The molecule has 164 valence electrons. The fourth-order valence-electron chi connectivity index (χ4n) is 3.09. The summed E-state index contributed by atoms with van der Waals surface area (Å²) in [5.41, 5.74) is 2.49. The van der Waals surface area contributed by atoms with Gasteiger partial charge in [-0.05, 0) is 56.4 Å². The van der Waals surface area contributed by atoms with Crippen LogP contribution in [0.25, 0.3) is 11.1 Å². The third-order valence-electron chi connectivity index (χ3n) is 4.59. The molecule has 9 nitrogen and oxygen atoms in total. The van der Waals surface area contributed by atoms with Crippen LogP contribution in [0.4, 0.5) is 10.5 Å². The highest BCUT2D eigenvalue weighted by Crippen LogP contribution is 2.18. The number of amides is 1. The number of methoxy groups -OCH3 is 1. The molecule has 0 aliphatic carbocycles. The predicted molar refractivity (Wildman–Crippen MR) is 115 cm³/mol. The van der Waals surface area contributed by atoms with Crippen LogP contribution in [0.3, 0.4) is 0 Å². The van der Waals surface area contributed by atoms with Gasteiger partial charge in [0.2, 0.25) is 0 Å². The zero-order valence-electron chi connectivity index (χ0n) is 17.7. The second-order valence-corrected chi connectivity index (χ2v) is 7.25. The third kappa shape index (κ3) is 5.73. The van der Waals surface area contributed by atoms with Crippen LogP contribution in [0, 0.1) is 0 Å². The molecule has 1 amide bonds. The predicted octanol–water partition coefficient (Wildman–Crippen LogP) is 2.93. The summed E-state index contributed by atoms with van der Waals surface area (Å²) in [6.07, 6.45) is 0.214. The molecule has 1 heterocycles. The lowest BCUT2D eigenvalue weighted by molar-refractivity contribution is 0.0600. The molecule has 0 fully saturated rings. The number of nitrogens with one attached hydrogen (secondary N) is 1. The lowest BCUT2D eigenvalue weighted by Gasteiger charge is -2.11. The summed E-state index contributed by atoms with van der Waals surface area (Å²) < 4.78 is 16.6. The van der Waals surface area contributed by atoms with Gasteiger partial charge in [-0.3, -0.25) is 9.88 Å². The smallest absolute Gasteiger partial charge is 0.420 e. The van der Waals surface area contributed by atoms with Crippen LogP contribution in [0.2, 0.25) is 0 Å². The number of nitrogens with zero attached hydrogens (tertiary/aromatic N) is 2. The van der Waals surface area contributed by atoms with Crippen molar-refractivity contribution in [3.63, 3.8) is 0 Å². The first kappa shape index (κ1) is 22.1. The minimum absolute atomic E-state index is 0.233. The van der Waals surface area contributed by atoms with Crippen LogP contribution in [0.5, 0.6) is 0 Å². The molecule has 9 heteroatoms. The molecule has 3 aromatic rings. The van der Waals surface area contributed by atoms with Gasteiger partial charge in [-0.1, -0.05) is 12.1 Å². The molecule has 0 aliphatic heterocycles. The molecule has 31 heavy (non-hydrogen) atoms. The van der Waals surface area contributed by atoms with E-state index in [1.165, 1.54) is 17.7 Å². The van der Waals surface area contributed by atoms with E-state index in [2.05, 4.69) is 5.32 Å². The summed E-state index contributed by atoms with van der Waals surface area (Å²) in [4.78, 5) is 38.0. The van der Waals surface area contributed by atoms with E-state index in [0.717, 1.165) is 18.5 Å². The Morgan fingerprint density at radius 2 is 1.97 bits per heavy atom. The minimum Gasteiger partial charge on any atom is -0.465 e. The highest BCUT2D eigenvalue weighted by Gasteiger charge is 2.14. The summed E-state index contributed by atoms with van der Waals surface area (Å²) >= 11 is 0. The number of carbonyl (C=O) groups excluding carboxylic acids is 2. The monoisotopic (exact) mass is 427 g/mol. The van der Waals surface area contributed by atoms with Crippen LogP contribution in [0.1, 0.15) is 22.3 Å². The average Bonchev–Trinajstić information content (AvgIpc) is 3.05. The SMILES string of the molecule is COC(=O)c1ccc2c(c1)oc(=O)n2Cc1cccc(NC(=O)OCCCN(C)C)c1. The van der Waals surface area contributed by atoms with Crippen molar-refractivity contribution >= 4 is 28.8 Å². The van der Waals surface area contributed by atoms with E-state index in [0.29, 0.717) is 29.0 Å². The van der Waals surface area contributed by atoms with Gasteiger partial charge >= 0.3 is 17.8 Å². The van der Waals surface area contributed by atoms with Gasteiger partial charge in [0.05, 0.1) is 31.3 Å². The quantitative estimate of drug-likeness (QED) is 0.435. The van der Waals surface area contributed by atoms with Gasteiger partial charge in [-0.15, -0.1) is 0 Å². The van der Waals surface area contributed by atoms with E-state index in [-0.39, 0.29) is 6.54 Å². The molecule has 0 unspecified atom stereocenters. The molecule has 2 aromatic carbocycles. The topological polar surface area (TPSA) is 103 Å². The molecule has 0 atom stereocenters. The number of carbonyl (C=O) groups is 2. The number of fused-ring (bicyclic) bond motifs is 1. The summed E-state index contributed by atoms with van der Waals surface area (Å²) in [6, 6.07) is 11.8. The van der Waals surface area contributed by atoms with Crippen molar-refractivity contribution in [2.75, 3.05) is 39.7 Å². The number of hydrogen-bond donors (Lipinski definition) is 1. The molecule has 3 rings (SSSR count). The second-order valence-electron chi connectivity index (χ2n) is 7.25. The first-order valence-electron chi connectivity index (χ1n) is 9.76. The number of hydrogen-bond acceptors (Lipinski definition) is 7. The van der Waals surface area contributed by atoms with Gasteiger partial charge < -0.3 is 18.8 Å². The van der Waals surface area contributed by atoms with E-state index in [9.17, 15) is 14.4 Å². The van der Waals surface area contributed by atoms with Crippen molar-refractivity contribution in [3.8, 4) is 0 Å². The standard InChI is InChI=1S/C22H25N3O6/c1-24(2)10-5-11-30-21(27)23-17-7-4-6-15(12-17)14-25-18-9-8-16(20(26)29-3)13-19(18)31-22(25)28/h4,6-9,12-13H,5,10-11,14H2,1-3H3,(H,23,27). The molecular formula is C22H25N3O6. The Kier molecular flexibility index (Phi) is 7.09. The highest BCUT2D eigenvalue weighted by molar-refractivity contribution is 5.93. The number of rotatable bonds is 8. The molecule has 0 aliphatic rings. The fourth-order valence-corrected chi connectivity index (χ4v) is 3.09. The van der Waals surface area contributed by atoms with Crippen molar-refractivity contribution in [2.24, 2.45) is 0 Å². The van der Waals surface area contributed by atoms with Gasteiger partial charge in [0.1, 0.15) is 0 Å². The van der Waals surface area contributed by atoms with Gasteiger partial charge in [-0.2, -0.15) is 0 Å². The number of anilines is 1. The maximum Gasteiger partial charge on any atom is 0.420 e. The van der Waals surface area contributed by atoms with Gasteiger partial charge in [0.25, 0.3) is 0 Å². The van der Waals surface area contributed by atoms with Crippen LogP contribution in [0.15, 0.2) is 51.7 Å². The Morgan fingerprint density at radius 3 is 2.71 bits per heavy atom. The number of esters is 1. The number of oxazole rings is 1. The molecule has 0 saturated carbocycles. The van der Waals surface area contributed by atoms with Crippen LogP contribution < -0.4 is 11.1 Å². The van der Waals surface area contributed by atoms with Crippen molar-refractivity contribution in [3.05, 3.63) is 64.1 Å². The molecular weight excluding hydrogens is 402 g/mol. The Morgan fingerprint density at radius 1 is 1.16 bits per heavy atom. The van der Waals surface area contributed by atoms with Crippen LogP contribution in [-0.2, 0) is 16.0 Å². The van der Waals surface area contributed by atoms with Gasteiger partial charge in [-0.25, -0.2) is 14.4 Å². The third-order valence-corrected chi connectivity index (χ3v) is 4.59. The maximum atomic E-state index is 12.3. The van der Waals surface area contributed by atoms with E-state index in [1.54, 1.807) is 30.3 Å². The Bertz CT molecular complexity index is 1130. The second kappa shape index (κ2) is 9.94. The summed E-state index contributed by atoms with van der Waals surface area (Å²) in [6.45, 7) is 1.39. The zero-order valence-corrected chi connectivity index (χ0v) is 17.7. The van der Waals surface area contributed by atoms with Gasteiger partial charge in [0.15, 0.2) is 5.58 Å². The molecule has 0 spiro atoms. The van der Waals surface area contributed by atoms with E-state index < -0.39 is 17.8 Å². The minimum atomic E-state index is -0.546. The Balaban J connectivity index is 1.70. The molecule has 0 bridgehead atoms. The Labute approximate surface area is 179 Å². The normalized spacial score (nSPS) is 11.0. The van der Waals surface area contributed by atoms with Crippen molar-refractivity contribution in [1.82, 2.24) is 9.47 Å².